The number of imidazole rings is 1. The molecule has 1 amide bonds. The van der Waals surface area contributed by atoms with Gasteiger partial charge in [-0.1, -0.05) is 69.0 Å². The number of aryl methyl sites for hydroxylation is 1. The van der Waals surface area contributed by atoms with Crippen LogP contribution in [0.2, 0.25) is 25.7 Å². The monoisotopic (exact) mass is 797 g/mol. The summed E-state index contributed by atoms with van der Waals surface area (Å²) in [5.41, 5.74) is 3.83. The first-order valence-electron chi connectivity index (χ1n) is 19.2. The van der Waals surface area contributed by atoms with Gasteiger partial charge in [-0.3, -0.25) is 0 Å². The highest BCUT2D eigenvalue weighted by atomic mass is 28.3. The van der Waals surface area contributed by atoms with E-state index in [2.05, 4.69) is 19.6 Å². The minimum atomic E-state index is -1.40. The van der Waals surface area contributed by atoms with E-state index in [1.54, 1.807) is 22.4 Å². The smallest absolute Gasteiger partial charge is 0.407 e. The van der Waals surface area contributed by atoms with Crippen LogP contribution in [0.4, 0.5) is 25.5 Å². The number of amides is 1. The lowest BCUT2D eigenvalue weighted by molar-refractivity contribution is 0.0878. The lowest BCUT2D eigenvalue weighted by atomic mass is 10.0. The van der Waals surface area contributed by atoms with Crippen molar-refractivity contribution in [1.82, 2.24) is 34.0 Å². The largest absolute Gasteiger partial charge is 0.497 e. The van der Waals surface area contributed by atoms with Gasteiger partial charge in [-0.25, -0.2) is 18.6 Å². The van der Waals surface area contributed by atoms with Crippen LogP contribution in [0.5, 0.6) is 5.75 Å². The number of carbonyl (C=O) groups is 1. The SMILES string of the molecule is CCc1cnn2c(N(Cc3ccc(OC)cc3)Cc3nc4c(F)c(F)ccc4n3COCC[Si](C)(C)C)nc(N3CCN(C(=O)O)C(Cc4ccccc4)C3)nc12. The van der Waals surface area contributed by atoms with Crippen molar-refractivity contribution >= 4 is 42.7 Å². The fraction of sp³-hybridized carbons (Fsp3) is 0.390. The molecule has 1 aliphatic rings. The summed E-state index contributed by atoms with van der Waals surface area (Å²) in [6.45, 7) is 11.0. The van der Waals surface area contributed by atoms with Crippen LogP contribution in [0.1, 0.15) is 29.4 Å². The van der Waals surface area contributed by atoms with E-state index in [1.165, 1.54) is 11.0 Å². The minimum Gasteiger partial charge on any atom is -0.497 e. The summed E-state index contributed by atoms with van der Waals surface area (Å²) >= 11 is 0. The van der Waals surface area contributed by atoms with Crippen molar-refractivity contribution in [2.45, 2.75) is 71.3 Å². The zero-order chi connectivity index (χ0) is 40.3. The summed E-state index contributed by atoms with van der Waals surface area (Å²) in [5, 5.41) is 14.9. The second-order valence-electron chi connectivity index (χ2n) is 15.6. The second kappa shape index (κ2) is 16.9. The van der Waals surface area contributed by atoms with Gasteiger partial charge in [0, 0.05) is 46.4 Å². The highest BCUT2D eigenvalue weighted by molar-refractivity contribution is 6.76. The Balaban J connectivity index is 1.32. The van der Waals surface area contributed by atoms with Crippen LogP contribution in [0.15, 0.2) is 72.9 Å². The van der Waals surface area contributed by atoms with E-state index < -0.39 is 25.8 Å². The van der Waals surface area contributed by atoms with Gasteiger partial charge < -0.3 is 33.8 Å². The van der Waals surface area contributed by atoms with E-state index in [1.807, 2.05) is 71.3 Å². The number of hydrogen-bond acceptors (Lipinski definition) is 9. The van der Waals surface area contributed by atoms with Gasteiger partial charge in [-0.2, -0.15) is 19.6 Å². The predicted molar refractivity (Wildman–Crippen MR) is 218 cm³/mol. The van der Waals surface area contributed by atoms with E-state index in [9.17, 15) is 14.3 Å². The van der Waals surface area contributed by atoms with Gasteiger partial charge in [0.2, 0.25) is 11.9 Å². The highest BCUT2D eigenvalue weighted by Gasteiger charge is 2.33. The molecule has 0 aliphatic carbocycles. The van der Waals surface area contributed by atoms with Crippen molar-refractivity contribution in [3.05, 3.63) is 107 Å². The summed E-state index contributed by atoms with van der Waals surface area (Å²) in [7, 11) is 0.213. The number of anilines is 2. The Morgan fingerprint density at radius 2 is 1.74 bits per heavy atom. The normalized spacial score (nSPS) is 14.8. The first-order valence-corrected chi connectivity index (χ1v) is 22.9. The number of ether oxygens (including phenoxy) is 2. The molecular formula is C41H49F2N9O4Si. The molecule has 57 heavy (non-hydrogen) atoms. The zero-order valence-corrected chi connectivity index (χ0v) is 34.0. The Labute approximate surface area is 331 Å². The lowest BCUT2D eigenvalue weighted by Crippen LogP contribution is -2.56. The Bertz CT molecular complexity index is 2330. The molecule has 7 rings (SSSR count). The van der Waals surface area contributed by atoms with Crippen molar-refractivity contribution in [2.75, 3.05) is 43.2 Å². The first kappa shape index (κ1) is 39.6. The maximum absolute atomic E-state index is 15.4. The molecule has 0 bridgehead atoms. The molecule has 1 atom stereocenters. The number of methoxy groups -OCH3 is 1. The Morgan fingerprint density at radius 3 is 2.44 bits per heavy atom. The van der Waals surface area contributed by atoms with Crippen molar-refractivity contribution in [3.63, 3.8) is 0 Å². The molecule has 6 aromatic rings. The molecule has 1 saturated heterocycles. The summed E-state index contributed by atoms with van der Waals surface area (Å²) in [6.07, 6.45) is 2.01. The van der Waals surface area contributed by atoms with E-state index in [0.717, 1.165) is 28.8 Å². The average Bonchev–Trinajstić information content (AvgIpc) is 3.78. The number of piperazine rings is 1. The Hall–Kier alpha value is -5.61. The number of halogens is 2. The summed E-state index contributed by atoms with van der Waals surface area (Å²) in [6, 6.07) is 20.8. The molecule has 16 heteroatoms. The van der Waals surface area contributed by atoms with Gasteiger partial charge in [0.05, 0.1) is 31.4 Å². The number of carboxylic acid groups (broad SMARTS) is 1. The summed E-state index contributed by atoms with van der Waals surface area (Å²) in [5.74, 6) is 0.0470. The maximum Gasteiger partial charge on any atom is 0.407 e. The topological polar surface area (TPSA) is 126 Å². The fourth-order valence-corrected chi connectivity index (χ4v) is 7.90. The number of hydrogen-bond donors (Lipinski definition) is 1. The molecule has 4 heterocycles. The summed E-state index contributed by atoms with van der Waals surface area (Å²) in [4.78, 5) is 32.8. The molecule has 0 radical (unpaired) electrons. The van der Waals surface area contributed by atoms with Crippen LogP contribution in [-0.4, -0.2) is 92.7 Å². The number of aromatic nitrogens is 6. The number of fused-ring (bicyclic) bond motifs is 2. The zero-order valence-electron chi connectivity index (χ0n) is 33.0. The molecular weight excluding hydrogens is 749 g/mol. The molecule has 3 aromatic carbocycles. The lowest BCUT2D eigenvalue weighted by Gasteiger charge is -2.40. The van der Waals surface area contributed by atoms with Gasteiger partial charge in [0.15, 0.2) is 17.3 Å². The highest BCUT2D eigenvalue weighted by Crippen LogP contribution is 2.29. The van der Waals surface area contributed by atoms with Gasteiger partial charge >= 0.3 is 6.09 Å². The second-order valence-corrected chi connectivity index (χ2v) is 21.2. The first-order chi connectivity index (χ1) is 27.4. The van der Waals surface area contributed by atoms with Crippen LogP contribution >= 0.6 is 0 Å². The van der Waals surface area contributed by atoms with Crippen LogP contribution in [0.3, 0.4) is 0 Å². The fourth-order valence-electron chi connectivity index (χ4n) is 7.14. The van der Waals surface area contributed by atoms with Crippen LogP contribution in [0, 0.1) is 11.6 Å². The van der Waals surface area contributed by atoms with Crippen molar-refractivity contribution < 1.29 is 28.2 Å². The molecule has 0 spiro atoms. The molecule has 1 fully saturated rings. The predicted octanol–water partition coefficient (Wildman–Crippen LogP) is 7.25. The standard InChI is InChI=1S/C41H49F2N9O4Si/c1-6-30-23-44-52-38(30)46-39(48-18-19-50(41(53)54)31(25-48)22-28-10-8-7-9-11-28)47-40(52)49(24-29-12-14-32(55-2)15-13-29)26-35-45-37-34(17-16-33(42)36(37)43)51(35)27-56-20-21-57(3,4)5/h7-17,23,31H,6,18-22,24-27H2,1-5H3,(H,53,54). The number of nitrogens with zero attached hydrogens (tertiary/aromatic N) is 9. The quantitative estimate of drug-likeness (QED) is 0.0839. The van der Waals surface area contributed by atoms with Crippen LogP contribution in [-0.2, 0) is 37.4 Å². The summed E-state index contributed by atoms with van der Waals surface area (Å²) < 4.78 is 45.1. The molecule has 1 aliphatic heterocycles. The van der Waals surface area contributed by atoms with E-state index >= 15 is 4.39 Å². The van der Waals surface area contributed by atoms with Crippen molar-refractivity contribution in [3.8, 4) is 5.75 Å². The van der Waals surface area contributed by atoms with Gasteiger partial charge in [0.1, 0.15) is 23.8 Å². The van der Waals surface area contributed by atoms with Gasteiger partial charge in [0.25, 0.3) is 0 Å². The Morgan fingerprint density at radius 1 is 0.965 bits per heavy atom. The molecule has 1 unspecified atom stereocenters. The molecule has 13 nitrogen and oxygen atoms in total. The third-order valence-electron chi connectivity index (χ3n) is 10.4. The van der Waals surface area contributed by atoms with E-state index in [4.69, 9.17) is 29.5 Å². The minimum absolute atomic E-state index is 0.0789. The maximum atomic E-state index is 15.4. The van der Waals surface area contributed by atoms with Crippen molar-refractivity contribution in [2.24, 2.45) is 0 Å². The molecule has 0 saturated carbocycles. The third kappa shape index (κ3) is 8.86. The van der Waals surface area contributed by atoms with Gasteiger partial charge in [-0.15, -0.1) is 0 Å². The number of benzene rings is 3. The third-order valence-corrected chi connectivity index (χ3v) is 12.1. The van der Waals surface area contributed by atoms with Crippen LogP contribution < -0.4 is 14.5 Å². The van der Waals surface area contributed by atoms with Gasteiger partial charge in [-0.05, 0) is 54.3 Å². The molecule has 1 N–H and O–H groups in total. The van der Waals surface area contributed by atoms with E-state index in [0.29, 0.717) is 73.7 Å². The molecule has 300 valence electrons. The van der Waals surface area contributed by atoms with Crippen molar-refractivity contribution in [1.29, 1.82) is 0 Å². The number of rotatable bonds is 15. The van der Waals surface area contributed by atoms with E-state index in [-0.39, 0.29) is 31.4 Å². The average molecular weight is 798 g/mol. The Kier molecular flexibility index (Phi) is 11.7. The van der Waals surface area contributed by atoms with Crippen LogP contribution in [0.25, 0.3) is 16.7 Å². The molecule has 3 aromatic heterocycles.